The monoisotopic (exact) mass is 434 g/mol. The van der Waals surface area contributed by atoms with Gasteiger partial charge in [0.15, 0.2) is 0 Å². The van der Waals surface area contributed by atoms with Crippen LogP contribution in [0.25, 0.3) is 0 Å². The van der Waals surface area contributed by atoms with Gasteiger partial charge in [0.2, 0.25) is 0 Å². The summed E-state index contributed by atoms with van der Waals surface area (Å²) in [6.07, 6.45) is 3.21. The lowest BCUT2D eigenvalue weighted by molar-refractivity contribution is -0.384. The van der Waals surface area contributed by atoms with Gasteiger partial charge in [0.05, 0.1) is 11.5 Å². The molecule has 0 heterocycles. The molecule has 30 heavy (non-hydrogen) atoms. The summed E-state index contributed by atoms with van der Waals surface area (Å²) in [7, 11) is -4.07. The standard InChI is InChI=1S/C20H23N2O7P/c1-15(20(23)27-14-16-6-5-7-16)21-30(26,28-18-8-3-2-4-9-18)29-19-12-10-17(11-13-19)22(24)25/h2-4,8-13,15-16H,5-7,14H2,1H3,(H,21,26)/t15-,30?/m0/s1. The molecule has 1 N–H and O–H groups in total. The van der Waals surface area contributed by atoms with Crippen molar-refractivity contribution in [3.63, 3.8) is 0 Å². The highest BCUT2D eigenvalue weighted by atomic mass is 31.2. The lowest BCUT2D eigenvalue weighted by atomic mass is 9.86. The third-order valence-electron chi connectivity index (χ3n) is 4.63. The number of nitrogens with zero attached hydrogens (tertiary/aromatic N) is 1. The Kier molecular flexibility index (Phi) is 7.07. The summed E-state index contributed by atoms with van der Waals surface area (Å²) < 4.78 is 29.7. The van der Waals surface area contributed by atoms with Crippen molar-refractivity contribution in [3.05, 3.63) is 64.7 Å². The number of esters is 1. The maximum Gasteiger partial charge on any atom is 0.513 e. The van der Waals surface area contributed by atoms with Crippen molar-refractivity contribution in [1.82, 2.24) is 5.09 Å². The second-order valence-electron chi connectivity index (χ2n) is 7.02. The lowest BCUT2D eigenvalue weighted by Crippen LogP contribution is -2.37. The lowest BCUT2D eigenvalue weighted by Gasteiger charge is -2.26. The number of nitrogens with one attached hydrogen (secondary N) is 1. The van der Waals surface area contributed by atoms with Crippen LogP contribution in [0.1, 0.15) is 26.2 Å². The smallest absolute Gasteiger partial charge is 0.464 e. The highest BCUT2D eigenvalue weighted by Crippen LogP contribution is 2.45. The first-order valence-corrected chi connectivity index (χ1v) is 11.1. The van der Waals surface area contributed by atoms with E-state index in [1.807, 2.05) is 0 Å². The van der Waals surface area contributed by atoms with Crippen LogP contribution in [-0.2, 0) is 14.1 Å². The van der Waals surface area contributed by atoms with Gasteiger partial charge in [0.25, 0.3) is 5.69 Å². The molecule has 10 heteroatoms. The van der Waals surface area contributed by atoms with Gasteiger partial charge in [0, 0.05) is 12.1 Å². The van der Waals surface area contributed by atoms with Gasteiger partial charge in [-0.2, -0.15) is 5.09 Å². The third-order valence-corrected chi connectivity index (χ3v) is 6.24. The van der Waals surface area contributed by atoms with Crippen LogP contribution >= 0.6 is 7.75 Å². The molecule has 2 aromatic carbocycles. The highest BCUT2D eigenvalue weighted by Gasteiger charge is 2.34. The first-order valence-electron chi connectivity index (χ1n) is 9.58. The molecular weight excluding hydrogens is 411 g/mol. The molecular formula is C20H23N2O7P. The van der Waals surface area contributed by atoms with Gasteiger partial charge in [0.1, 0.15) is 17.5 Å². The maximum atomic E-state index is 13.4. The van der Waals surface area contributed by atoms with Gasteiger partial charge < -0.3 is 13.8 Å². The molecule has 1 fully saturated rings. The number of carbonyl (C=O) groups excluding carboxylic acids is 1. The number of rotatable bonds is 10. The van der Waals surface area contributed by atoms with Gasteiger partial charge in [-0.1, -0.05) is 24.6 Å². The molecule has 2 atom stereocenters. The summed E-state index contributed by atoms with van der Waals surface area (Å²) >= 11 is 0. The van der Waals surface area contributed by atoms with E-state index in [1.165, 1.54) is 31.2 Å². The fourth-order valence-corrected chi connectivity index (χ4v) is 4.25. The van der Waals surface area contributed by atoms with Gasteiger partial charge >= 0.3 is 13.7 Å². The molecule has 1 aliphatic carbocycles. The molecule has 0 aromatic heterocycles. The zero-order valence-corrected chi connectivity index (χ0v) is 17.3. The van der Waals surface area contributed by atoms with Crippen LogP contribution < -0.4 is 14.1 Å². The molecule has 3 rings (SSSR count). The van der Waals surface area contributed by atoms with Crippen LogP contribution in [0, 0.1) is 16.0 Å². The zero-order valence-electron chi connectivity index (χ0n) is 16.4. The number of hydrogen-bond donors (Lipinski definition) is 1. The number of nitro groups is 1. The minimum Gasteiger partial charge on any atom is -0.464 e. The van der Waals surface area contributed by atoms with Crippen molar-refractivity contribution in [2.75, 3.05) is 6.61 Å². The number of benzene rings is 2. The van der Waals surface area contributed by atoms with Crippen LogP contribution in [0.2, 0.25) is 0 Å². The predicted molar refractivity (Wildman–Crippen MR) is 109 cm³/mol. The Morgan fingerprint density at radius 1 is 1.13 bits per heavy atom. The first kappa shape index (κ1) is 21.8. The second-order valence-corrected chi connectivity index (χ2v) is 8.64. The fraction of sp³-hybridized carbons (Fsp3) is 0.350. The molecule has 160 valence electrons. The Morgan fingerprint density at radius 2 is 1.73 bits per heavy atom. The van der Waals surface area contributed by atoms with Gasteiger partial charge in [-0.05, 0) is 49.9 Å². The summed E-state index contributed by atoms with van der Waals surface area (Å²) in [6, 6.07) is 12.4. The minimum atomic E-state index is -4.07. The van der Waals surface area contributed by atoms with Crippen LogP contribution in [0.15, 0.2) is 54.6 Å². The Labute approximate surface area is 174 Å². The summed E-state index contributed by atoms with van der Waals surface area (Å²) in [5, 5.41) is 13.4. The van der Waals surface area contributed by atoms with Crippen LogP contribution in [-0.4, -0.2) is 23.5 Å². The summed E-state index contributed by atoms with van der Waals surface area (Å²) in [4.78, 5) is 22.6. The Hall–Kier alpha value is -2.90. The van der Waals surface area contributed by atoms with E-state index in [0.717, 1.165) is 19.3 Å². The average Bonchev–Trinajstić information content (AvgIpc) is 2.67. The van der Waals surface area contributed by atoms with Crippen molar-refractivity contribution >= 4 is 19.4 Å². The van der Waals surface area contributed by atoms with Crippen molar-refractivity contribution in [2.24, 2.45) is 5.92 Å². The number of ether oxygens (including phenoxy) is 1. The van der Waals surface area contributed by atoms with Crippen molar-refractivity contribution in [1.29, 1.82) is 0 Å². The molecule has 0 spiro atoms. The van der Waals surface area contributed by atoms with E-state index in [2.05, 4.69) is 5.09 Å². The maximum absolute atomic E-state index is 13.4. The molecule has 2 aromatic rings. The molecule has 1 saturated carbocycles. The SMILES string of the molecule is C[C@H](NP(=O)(Oc1ccccc1)Oc1ccc([N+](=O)[O-])cc1)C(=O)OCC1CCC1. The average molecular weight is 434 g/mol. The molecule has 1 unspecified atom stereocenters. The number of para-hydroxylation sites is 1. The van der Waals surface area contributed by atoms with Gasteiger partial charge in [-0.25, -0.2) is 4.57 Å². The van der Waals surface area contributed by atoms with E-state index in [1.54, 1.807) is 30.3 Å². The van der Waals surface area contributed by atoms with Crippen molar-refractivity contribution in [2.45, 2.75) is 32.2 Å². The van der Waals surface area contributed by atoms with Crippen LogP contribution in [0.5, 0.6) is 11.5 Å². The van der Waals surface area contributed by atoms with Crippen molar-refractivity contribution in [3.8, 4) is 11.5 Å². The normalized spacial score (nSPS) is 16.6. The van der Waals surface area contributed by atoms with Crippen molar-refractivity contribution < 1.29 is 28.1 Å². The van der Waals surface area contributed by atoms with Gasteiger partial charge in [-0.15, -0.1) is 0 Å². The topological polar surface area (TPSA) is 117 Å². The molecule has 0 saturated heterocycles. The summed E-state index contributed by atoms with van der Waals surface area (Å²) in [5.74, 6) is 0.170. The minimum absolute atomic E-state index is 0.0856. The van der Waals surface area contributed by atoms with Crippen LogP contribution in [0.4, 0.5) is 5.69 Å². The quantitative estimate of drug-likeness (QED) is 0.252. The van der Waals surface area contributed by atoms with E-state index < -0.39 is 24.7 Å². The Bertz CT molecular complexity index is 917. The summed E-state index contributed by atoms with van der Waals surface area (Å²) in [6.45, 7) is 1.83. The van der Waals surface area contributed by atoms with Crippen LogP contribution in [0.3, 0.4) is 0 Å². The molecule has 0 amide bonds. The Balaban J connectivity index is 1.71. The largest absolute Gasteiger partial charge is 0.513 e. The van der Waals surface area contributed by atoms with Gasteiger partial charge in [-0.3, -0.25) is 14.9 Å². The summed E-state index contributed by atoms with van der Waals surface area (Å²) in [5.41, 5.74) is -0.137. The fourth-order valence-electron chi connectivity index (χ4n) is 2.73. The second kappa shape index (κ2) is 9.73. The Morgan fingerprint density at radius 3 is 2.27 bits per heavy atom. The van der Waals surface area contributed by atoms with E-state index in [-0.39, 0.29) is 17.2 Å². The van der Waals surface area contributed by atoms with E-state index in [9.17, 15) is 19.5 Å². The molecule has 0 aliphatic heterocycles. The molecule has 0 radical (unpaired) electrons. The molecule has 0 bridgehead atoms. The first-order chi connectivity index (χ1) is 14.3. The third kappa shape index (κ3) is 6.05. The molecule has 9 nitrogen and oxygen atoms in total. The number of carbonyl (C=O) groups is 1. The number of nitro benzene ring substituents is 1. The van der Waals surface area contributed by atoms with E-state index in [0.29, 0.717) is 12.5 Å². The number of non-ortho nitro benzene ring substituents is 1. The zero-order chi connectivity index (χ0) is 21.6. The molecule has 1 aliphatic rings. The van der Waals surface area contributed by atoms with E-state index in [4.69, 9.17) is 13.8 Å². The highest BCUT2D eigenvalue weighted by molar-refractivity contribution is 7.52. The number of hydrogen-bond acceptors (Lipinski definition) is 7. The van der Waals surface area contributed by atoms with E-state index >= 15 is 0 Å². The predicted octanol–water partition coefficient (Wildman–Crippen LogP) is 4.48.